The van der Waals surface area contributed by atoms with Gasteiger partial charge in [0.05, 0.1) is 29.5 Å². The summed E-state index contributed by atoms with van der Waals surface area (Å²) in [5.41, 5.74) is -0.112. The lowest BCUT2D eigenvalue weighted by atomic mass is 10.3. The van der Waals surface area contributed by atoms with E-state index in [9.17, 15) is 10.1 Å². The van der Waals surface area contributed by atoms with Crippen molar-refractivity contribution < 1.29 is 4.92 Å². The molecule has 6 nitrogen and oxygen atoms in total. The van der Waals surface area contributed by atoms with E-state index in [0.29, 0.717) is 18.8 Å². The number of nitriles is 1. The molecule has 1 heterocycles. The fourth-order valence-corrected chi connectivity index (χ4v) is 1.30. The minimum Gasteiger partial charge on any atom is -0.358 e. The highest BCUT2D eigenvalue weighted by molar-refractivity contribution is 6.29. The zero-order valence-corrected chi connectivity index (χ0v) is 9.31. The quantitative estimate of drug-likeness (QED) is 0.457. The van der Waals surface area contributed by atoms with Crippen molar-refractivity contribution in [3.8, 4) is 6.07 Å². The molecule has 1 rings (SSSR count). The van der Waals surface area contributed by atoms with Gasteiger partial charge in [0, 0.05) is 13.6 Å². The van der Waals surface area contributed by atoms with Gasteiger partial charge < -0.3 is 4.90 Å². The van der Waals surface area contributed by atoms with Gasteiger partial charge in [-0.2, -0.15) is 5.26 Å². The first-order valence-electron chi connectivity index (χ1n) is 4.44. The van der Waals surface area contributed by atoms with Gasteiger partial charge in [0.15, 0.2) is 0 Å². The molecule has 0 bridgehead atoms. The van der Waals surface area contributed by atoms with E-state index in [2.05, 4.69) is 4.98 Å². The van der Waals surface area contributed by atoms with Crippen molar-refractivity contribution >= 4 is 23.1 Å². The highest BCUT2D eigenvalue weighted by atomic mass is 35.5. The molecule has 1 aromatic heterocycles. The maximum Gasteiger partial charge on any atom is 0.276 e. The second-order valence-electron chi connectivity index (χ2n) is 3.09. The van der Waals surface area contributed by atoms with Gasteiger partial charge in [-0.05, 0) is 0 Å². The molecule has 7 heteroatoms. The SMILES string of the molecule is CN(CCC#N)c1cc([N+](=O)[O-])cc(Cl)n1. The Morgan fingerprint density at radius 3 is 2.94 bits per heavy atom. The van der Waals surface area contributed by atoms with Gasteiger partial charge in [-0.25, -0.2) is 4.98 Å². The minimum absolute atomic E-state index is 0.0630. The van der Waals surface area contributed by atoms with Crippen LogP contribution in [0.5, 0.6) is 0 Å². The first-order chi connectivity index (χ1) is 7.54. The van der Waals surface area contributed by atoms with Crippen molar-refractivity contribution in [1.82, 2.24) is 4.98 Å². The van der Waals surface area contributed by atoms with Crippen LogP contribution >= 0.6 is 11.6 Å². The number of halogens is 1. The van der Waals surface area contributed by atoms with E-state index in [-0.39, 0.29) is 10.8 Å². The molecule has 0 aliphatic rings. The third kappa shape index (κ3) is 3.07. The van der Waals surface area contributed by atoms with Gasteiger partial charge in [-0.3, -0.25) is 10.1 Å². The van der Waals surface area contributed by atoms with E-state index in [4.69, 9.17) is 16.9 Å². The summed E-state index contributed by atoms with van der Waals surface area (Å²) in [6, 6.07) is 4.49. The molecule has 0 aliphatic carbocycles. The zero-order valence-electron chi connectivity index (χ0n) is 8.55. The summed E-state index contributed by atoms with van der Waals surface area (Å²) in [7, 11) is 1.69. The molecule has 0 radical (unpaired) electrons. The van der Waals surface area contributed by atoms with Crippen LogP contribution in [0.1, 0.15) is 6.42 Å². The Kier molecular flexibility index (Phi) is 4.03. The minimum atomic E-state index is -0.533. The third-order valence-corrected chi connectivity index (χ3v) is 2.12. The van der Waals surface area contributed by atoms with E-state index in [0.717, 1.165) is 0 Å². The molecule has 0 N–H and O–H groups in total. The van der Waals surface area contributed by atoms with Gasteiger partial charge in [0.2, 0.25) is 0 Å². The Morgan fingerprint density at radius 2 is 2.38 bits per heavy atom. The van der Waals surface area contributed by atoms with Crippen molar-refractivity contribution in [2.45, 2.75) is 6.42 Å². The second kappa shape index (κ2) is 5.28. The fraction of sp³-hybridized carbons (Fsp3) is 0.333. The smallest absolute Gasteiger partial charge is 0.276 e. The summed E-state index contributed by atoms with van der Waals surface area (Å²) in [5, 5.41) is 19.1. The van der Waals surface area contributed by atoms with Crippen LogP contribution in [-0.2, 0) is 0 Å². The first kappa shape index (κ1) is 12.2. The average molecular weight is 241 g/mol. The van der Waals surface area contributed by atoms with Gasteiger partial charge in [0.1, 0.15) is 11.0 Å². The Morgan fingerprint density at radius 1 is 1.69 bits per heavy atom. The summed E-state index contributed by atoms with van der Waals surface area (Å²) < 4.78 is 0. The van der Waals surface area contributed by atoms with Gasteiger partial charge in [0.25, 0.3) is 5.69 Å². The van der Waals surface area contributed by atoms with Crippen molar-refractivity contribution in [3.05, 3.63) is 27.4 Å². The number of pyridine rings is 1. The van der Waals surface area contributed by atoms with Crippen molar-refractivity contribution in [2.75, 3.05) is 18.5 Å². The van der Waals surface area contributed by atoms with Crippen molar-refractivity contribution in [1.29, 1.82) is 5.26 Å². The molecular formula is C9H9ClN4O2. The number of hydrogen-bond acceptors (Lipinski definition) is 5. The standard InChI is InChI=1S/C9H9ClN4O2/c1-13(4-2-3-11)9-6-7(14(15)16)5-8(10)12-9/h5-6H,2,4H2,1H3. The van der Waals surface area contributed by atoms with E-state index in [1.54, 1.807) is 11.9 Å². The Labute approximate surface area is 97.2 Å². The summed E-state index contributed by atoms with van der Waals surface area (Å²) in [5.74, 6) is 0.384. The van der Waals surface area contributed by atoms with E-state index in [1.807, 2.05) is 6.07 Å². The first-order valence-corrected chi connectivity index (χ1v) is 4.82. The van der Waals surface area contributed by atoms with Crippen LogP contribution in [0.2, 0.25) is 5.15 Å². The molecule has 16 heavy (non-hydrogen) atoms. The predicted molar refractivity (Wildman–Crippen MR) is 59.4 cm³/mol. The molecule has 0 amide bonds. The lowest BCUT2D eigenvalue weighted by Crippen LogP contribution is -2.19. The van der Waals surface area contributed by atoms with Crippen LogP contribution in [0.4, 0.5) is 11.5 Å². The largest absolute Gasteiger partial charge is 0.358 e. The summed E-state index contributed by atoms with van der Waals surface area (Å²) >= 11 is 5.66. The highest BCUT2D eigenvalue weighted by Crippen LogP contribution is 2.22. The monoisotopic (exact) mass is 240 g/mol. The number of hydrogen-bond donors (Lipinski definition) is 0. The van der Waals surface area contributed by atoms with E-state index in [1.165, 1.54) is 12.1 Å². The molecule has 1 aromatic rings. The Hall–Kier alpha value is -1.87. The number of rotatable bonds is 4. The van der Waals surface area contributed by atoms with Crippen LogP contribution in [0.15, 0.2) is 12.1 Å². The molecule has 0 saturated heterocycles. The number of anilines is 1. The lowest BCUT2D eigenvalue weighted by Gasteiger charge is -2.15. The van der Waals surface area contributed by atoms with Gasteiger partial charge >= 0.3 is 0 Å². The van der Waals surface area contributed by atoms with Crippen molar-refractivity contribution in [3.63, 3.8) is 0 Å². The van der Waals surface area contributed by atoms with Gasteiger partial charge in [-0.1, -0.05) is 11.6 Å². The average Bonchev–Trinajstić information content (AvgIpc) is 2.24. The van der Waals surface area contributed by atoms with Crippen molar-refractivity contribution in [2.24, 2.45) is 0 Å². The van der Waals surface area contributed by atoms with Crippen LogP contribution < -0.4 is 4.90 Å². The molecule has 0 spiro atoms. The van der Waals surface area contributed by atoms with E-state index >= 15 is 0 Å². The highest BCUT2D eigenvalue weighted by Gasteiger charge is 2.12. The Bertz CT molecular complexity index is 444. The van der Waals surface area contributed by atoms with Crippen LogP contribution in [0.3, 0.4) is 0 Å². The number of aromatic nitrogens is 1. The molecule has 84 valence electrons. The van der Waals surface area contributed by atoms with Crippen LogP contribution in [0, 0.1) is 21.4 Å². The lowest BCUT2D eigenvalue weighted by molar-refractivity contribution is -0.384. The molecule has 0 atom stereocenters. The molecule has 0 fully saturated rings. The normalized spacial score (nSPS) is 9.56. The van der Waals surface area contributed by atoms with E-state index < -0.39 is 4.92 Å². The molecule has 0 unspecified atom stereocenters. The molecular weight excluding hydrogens is 232 g/mol. The maximum atomic E-state index is 10.6. The second-order valence-corrected chi connectivity index (χ2v) is 3.48. The summed E-state index contributed by atoms with van der Waals surface area (Å²) in [6.45, 7) is 0.445. The Balaban J connectivity index is 2.96. The zero-order chi connectivity index (χ0) is 12.1. The maximum absolute atomic E-state index is 10.6. The molecule has 0 saturated carbocycles. The molecule has 0 aliphatic heterocycles. The van der Waals surface area contributed by atoms with Gasteiger partial charge in [-0.15, -0.1) is 0 Å². The fourth-order valence-electron chi connectivity index (χ4n) is 1.10. The summed E-state index contributed by atoms with van der Waals surface area (Å²) in [4.78, 5) is 15.6. The number of nitro groups is 1. The van der Waals surface area contributed by atoms with Crippen LogP contribution in [0.25, 0.3) is 0 Å². The number of nitrogens with zero attached hydrogens (tertiary/aromatic N) is 4. The molecule has 0 aromatic carbocycles. The predicted octanol–water partition coefficient (Wildman–Crippen LogP) is 1.99. The third-order valence-electron chi connectivity index (χ3n) is 1.93. The van der Waals surface area contributed by atoms with Crippen LogP contribution in [-0.4, -0.2) is 23.5 Å². The topological polar surface area (TPSA) is 83.1 Å². The summed E-state index contributed by atoms with van der Waals surface area (Å²) in [6.07, 6.45) is 0.318.